The minimum Gasteiger partial charge on any atom is -0.488 e. The third kappa shape index (κ3) is 12.6. The van der Waals surface area contributed by atoms with E-state index in [0.717, 1.165) is 14.7 Å². The first-order valence-corrected chi connectivity index (χ1v) is 19.4. The number of methoxy groups -OCH3 is 1. The van der Waals surface area contributed by atoms with Crippen LogP contribution >= 0.6 is 34.2 Å². The Labute approximate surface area is 342 Å². The lowest BCUT2D eigenvalue weighted by molar-refractivity contribution is -0.145. The van der Waals surface area contributed by atoms with Crippen molar-refractivity contribution in [3.05, 3.63) is 92.0 Å². The summed E-state index contributed by atoms with van der Waals surface area (Å²) < 4.78 is 29.7. The van der Waals surface area contributed by atoms with Crippen LogP contribution in [0.25, 0.3) is 0 Å². The largest absolute Gasteiger partial charge is 0.494 e. The average molecular weight is 890 g/mol. The molecular weight excluding hydrogens is 840 g/mol. The lowest BCUT2D eigenvalue weighted by Gasteiger charge is -2.32. The van der Waals surface area contributed by atoms with Gasteiger partial charge < -0.3 is 39.5 Å². The van der Waals surface area contributed by atoms with Gasteiger partial charge >= 0.3 is 19.2 Å². The number of rotatable bonds is 14. The van der Waals surface area contributed by atoms with Crippen molar-refractivity contribution in [2.24, 2.45) is 0 Å². The third-order valence-electron chi connectivity index (χ3n) is 9.18. The highest BCUT2D eigenvalue weighted by Crippen LogP contribution is 2.36. The Hall–Kier alpha value is -3.86. The molecule has 1 aliphatic heterocycles. The molecule has 3 aromatic rings. The van der Waals surface area contributed by atoms with E-state index in [1.807, 2.05) is 76.2 Å². The predicted molar refractivity (Wildman–Crippen MR) is 219 cm³/mol. The standard InChI is InChI=1S/C40H50BClIN3O9/c1-24(34(47)45-32(36(49)51-9)20-26-15-16-33(30(43)19-26)52-23-25-13-11-10-12-14-25)44-35(48)31(46-37(50)53-38(2,3)4)21-27-17-28(22-29(42)18-27)41-54-39(5,6)40(7,8)55-41/h10-19,22,24,31-32H,20-21,23H2,1-9H3,(H,44,48)(H,45,47)(H,46,50)/t24-,31-,32-/m0/s1. The Morgan fingerprint density at radius 2 is 1.45 bits per heavy atom. The number of ether oxygens (including phenoxy) is 3. The van der Waals surface area contributed by atoms with Crippen LogP contribution in [0.2, 0.25) is 5.02 Å². The van der Waals surface area contributed by atoms with Gasteiger partial charge in [0.15, 0.2) is 0 Å². The summed E-state index contributed by atoms with van der Waals surface area (Å²) in [7, 11) is 0.520. The Balaban J connectivity index is 1.46. The maximum atomic E-state index is 13.8. The highest BCUT2D eigenvalue weighted by atomic mass is 127. The second-order valence-corrected chi connectivity index (χ2v) is 17.0. The highest BCUT2D eigenvalue weighted by Gasteiger charge is 2.51. The fourth-order valence-corrected chi connectivity index (χ4v) is 6.58. The van der Waals surface area contributed by atoms with Gasteiger partial charge in [0.25, 0.3) is 0 Å². The molecule has 0 spiro atoms. The number of alkyl carbamates (subject to hydrolysis) is 1. The first-order valence-electron chi connectivity index (χ1n) is 17.9. The third-order valence-corrected chi connectivity index (χ3v) is 10.2. The molecule has 3 N–H and O–H groups in total. The van der Waals surface area contributed by atoms with E-state index in [0.29, 0.717) is 28.4 Å². The molecule has 1 heterocycles. The molecule has 296 valence electrons. The number of carbonyl (C=O) groups is 4. The Morgan fingerprint density at radius 1 is 0.818 bits per heavy atom. The van der Waals surface area contributed by atoms with Gasteiger partial charge in [0.05, 0.1) is 21.9 Å². The summed E-state index contributed by atoms with van der Waals surface area (Å²) in [4.78, 5) is 53.0. The molecule has 3 aromatic carbocycles. The molecule has 0 radical (unpaired) electrons. The zero-order valence-electron chi connectivity index (χ0n) is 32.7. The average Bonchev–Trinajstić information content (AvgIpc) is 3.32. The molecule has 0 saturated carbocycles. The maximum absolute atomic E-state index is 13.8. The van der Waals surface area contributed by atoms with Crippen LogP contribution in [-0.2, 0) is 52.6 Å². The second kappa shape index (κ2) is 18.4. The van der Waals surface area contributed by atoms with Crippen molar-refractivity contribution < 1.29 is 42.7 Å². The fourth-order valence-electron chi connectivity index (χ4n) is 5.57. The molecule has 0 unspecified atom stereocenters. The summed E-state index contributed by atoms with van der Waals surface area (Å²) in [6.45, 7) is 14.7. The van der Waals surface area contributed by atoms with Crippen molar-refractivity contribution in [1.29, 1.82) is 0 Å². The van der Waals surface area contributed by atoms with Gasteiger partial charge in [0.2, 0.25) is 11.8 Å². The number of hydrogen-bond acceptors (Lipinski definition) is 9. The van der Waals surface area contributed by atoms with Crippen molar-refractivity contribution in [3.63, 3.8) is 0 Å². The summed E-state index contributed by atoms with van der Waals surface area (Å²) in [5, 5.41) is 8.39. The van der Waals surface area contributed by atoms with E-state index in [-0.39, 0.29) is 12.8 Å². The molecule has 3 amide bonds. The van der Waals surface area contributed by atoms with Crippen LogP contribution in [-0.4, -0.2) is 73.0 Å². The number of nitrogens with one attached hydrogen (secondary N) is 3. The SMILES string of the molecule is COC(=O)[C@H](Cc1ccc(OCc2ccccc2)c(I)c1)NC(=O)[C@H](C)NC(=O)[C@H](Cc1cc(Cl)cc(B2OC(C)(C)C(C)(C)O2)c1)NC(=O)OC(C)(C)C. The van der Waals surface area contributed by atoms with Gasteiger partial charge in [-0.2, -0.15) is 0 Å². The number of amides is 3. The quantitative estimate of drug-likeness (QED) is 0.106. The molecule has 0 aromatic heterocycles. The number of carbonyl (C=O) groups excluding carboxylic acids is 4. The van der Waals surface area contributed by atoms with Crippen LogP contribution in [0.5, 0.6) is 5.75 Å². The van der Waals surface area contributed by atoms with Crippen LogP contribution in [0.15, 0.2) is 66.7 Å². The number of halogens is 2. The van der Waals surface area contributed by atoms with Crippen molar-refractivity contribution >= 4 is 70.6 Å². The minimum absolute atomic E-state index is 0.0129. The summed E-state index contributed by atoms with van der Waals surface area (Å²) >= 11 is 8.69. The zero-order chi connectivity index (χ0) is 40.7. The topological polar surface area (TPSA) is 151 Å². The van der Waals surface area contributed by atoms with E-state index < -0.39 is 65.9 Å². The molecule has 0 bridgehead atoms. The van der Waals surface area contributed by atoms with Crippen LogP contribution in [0.3, 0.4) is 0 Å². The first-order chi connectivity index (χ1) is 25.7. The second-order valence-electron chi connectivity index (χ2n) is 15.4. The van der Waals surface area contributed by atoms with Crippen molar-refractivity contribution in [1.82, 2.24) is 16.0 Å². The zero-order valence-corrected chi connectivity index (χ0v) is 35.6. The minimum atomic E-state index is -1.18. The van der Waals surface area contributed by atoms with Gasteiger partial charge in [0.1, 0.15) is 36.1 Å². The summed E-state index contributed by atoms with van der Waals surface area (Å²) in [5.41, 5.74) is 1.00. The lowest BCUT2D eigenvalue weighted by atomic mass is 9.78. The van der Waals surface area contributed by atoms with Gasteiger partial charge in [0, 0.05) is 17.9 Å². The molecule has 1 aliphatic rings. The molecule has 1 saturated heterocycles. The molecule has 15 heteroatoms. The van der Waals surface area contributed by atoms with Gasteiger partial charge in [-0.05, 0) is 124 Å². The van der Waals surface area contributed by atoms with E-state index in [1.54, 1.807) is 39.0 Å². The van der Waals surface area contributed by atoms with Crippen LogP contribution in [0, 0.1) is 3.57 Å². The summed E-state index contributed by atoms with van der Waals surface area (Å²) in [5.74, 6) is -1.28. The van der Waals surface area contributed by atoms with E-state index in [4.69, 9.17) is 35.1 Å². The van der Waals surface area contributed by atoms with E-state index in [9.17, 15) is 19.2 Å². The number of esters is 1. The number of benzene rings is 3. The molecule has 3 atom stereocenters. The van der Waals surface area contributed by atoms with E-state index >= 15 is 0 Å². The summed E-state index contributed by atoms with van der Waals surface area (Å²) in [6.07, 6.45) is -0.715. The lowest BCUT2D eigenvalue weighted by Crippen LogP contribution is -2.56. The van der Waals surface area contributed by atoms with Crippen LogP contribution < -0.4 is 26.2 Å². The normalized spacial score (nSPS) is 16.3. The van der Waals surface area contributed by atoms with Crippen molar-refractivity contribution in [2.45, 2.75) is 110 Å². The Kier molecular flexibility index (Phi) is 14.7. The van der Waals surface area contributed by atoms with Crippen molar-refractivity contribution in [3.8, 4) is 5.75 Å². The molecule has 1 fully saturated rings. The van der Waals surface area contributed by atoms with E-state index in [2.05, 4.69) is 38.5 Å². The smallest absolute Gasteiger partial charge is 0.488 e. The molecule has 55 heavy (non-hydrogen) atoms. The van der Waals surface area contributed by atoms with Gasteiger partial charge in [-0.15, -0.1) is 0 Å². The van der Waals surface area contributed by atoms with Gasteiger partial charge in [-0.3, -0.25) is 9.59 Å². The van der Waals surface area contributed by atoms with Crippen LogP contribution in [0.1, 0.15) is 72.1 Å². The summed E-state index contributed by atoms with van der Waals surface area (Å²) in [6, 6.07) is 17.1. The van der Waals surface area contributed by atoms with Crippen LogP contribution in [0.4, 0.5) is 4.79 Å². The monoisotopic (exact) mass is 889 g/mol. The molecule has 0 aliphatic carbocycles. The maximum Gasteiger partial charge on any atom is 0.494 e. The molecule has 4 rings (SSSR count). The highest BCUT2D eigenvalue weighted by molar-refractivity contribution is 14.1. The number of hydrogen-bond donors (Lipinski definition) is 3. The van der Waals surface area contributed by atoms with Gasteiger partial charge in [-0.1, -0.05) is 54.1 Å². The van der Waals surface area contributed by atoms with E-state index in [1.165, 1.54) is 14.0 Å². The van der Waals surface area contributed by atoms with Crippen molar-refractivity contribution in [2.75, 3.05) is 7.11 Å². The Morgan fingerprint density at radius 3 is 2.05 bits per heavy atom. The fraction of sp³-hybridized carbons (Fsp3) is 0.450. The Bertz CT molecular complexity index is 1840. The first kappa shape index (κ1) is 43.9. The molecular formula is C40H50BClIN3O9. The van der Waals surface area contributed by atoms with Gasteiger partial charge in [-0.25, -0.2) is 9.59 Å². The predicted octanol–water partition coefficient (Wildman–Crippen LogP) is 5.66. The molecule has 12 nitrogen and oxygen atoms in total.